The number of hydrogen-bond acceptors (Lipinski definition) is 5. The van der Waals surface area contributed by atoms with Crippen molar-refractivity contribution in [3.8, 4) is 0 Å². The molecule has 1 saturated carbocycles. The van der Waals surface area contributed by atoms with Crippen molar-refractivity contribution < 1.29 is 9.90 Å². The maximum atomic E-state index is 11.8. The Morgan fingerprint density at radius 1 is 1.53 bits per heavy atom. The smallest absolute Gasteiger partial charge is 0.228 e. The summed E-state index contributed by atoms with van der Waals surface area (Å²) in [5.41, 5.74) is 7.32. The van der Waals surface area contributed by atoms with Crippen LogP contribution in [0.1, 0.15) is 50.0 Å². The summed E-state index contributed by atoms with van der Waals surface area (Å²) in [5, 5.41) is 12.7. The number of pyridine rings is 1. The monoisotopic (exact) mass is 262 g/mol. The highest BCUT2D eigenvalue weighted by atomic mass is 16.3. The molecule has 6 nitrogen and oxygen atoms in total. The number of hydrazine groups is 1. The van der Waals surface area contributed by atoms with Crippen molar-refractivity contribution in [1.82, 2.24) is 10.4 Å². The molecule has 19 heavy (non-hydrogen) atoms. The molecule has 6 heteroatoms. The second kappa shape index (κ2) is 4.47. The third-order valence-corrected chi connectivity index (χ3v) is 3.51. The first kappa shape index (κ1) is 12.4. The molecular formula is C13H18N4O2. The van der Waals surface area contributed by atoms with Crippen LogP contribution < -0.4 is 16.2 Å². The molecule has 2 aliphatic rings. The first-order valence-electron chi connectivity index (χ1n) is 6.61. The predicted molar refractivity (Wildman–Crippen MR) is 71.4 cm³/mol. The average Bonchev–Trinajstić information content (AvgIpc) is 3.14. The van der Waals surface area contributed by atoms with E-state index in [0.717, 1.165) is 24.0 Å². The van der Waals surface area contributed by atoms with E-state index in [4.69, 9.17) is 0 Å². The van der Waals surface area contributed by atoms with Crippen LogP contribution in [0.25, 0.3) is 0 Å². The Bertz CT molecular complexity index is 526. The summed E-state index contributed by atoms with van der Waals surface area (Å²) in [6.07, 6.45) is 1.17. The molecule has 0 spiro atoms. The van der Waals surface area contributed by atoms with Crippen LogP contribution in [0, 0.1) is 5.92 Å². The Labute approximate surface area is 111 Å². The second-order valence-electron chi connectivity index (χ2n) is 5.45. The summed E-state index contributed by atoms with van der Waals surface area (Å²) in [4.78, 5) is 16.1. The van der Waals surface area contributed by atoms with E-state index in [2.05, 4.69) is 21.2 Å². The van der Waals surface area contributed by atoms with Gasteiger partial charge in [0, 0.05) is 11.5 Å². The Morgan fingerprint density at radius 2 is 2.26 bits per heavy atom. The minimum absolute atomic E-state index is 0.0358. The van der Waals surface area contributed by atoms with Gasteiger partial charge in [0.1, 0.15) is 11.6 Å². The van der Waals surface area contributed by atoms with Gasteiger partial charge in [-0.3, -0.25) is 4.79 Å². The number of carbonyl (C=O) groups excluding carboxylic acids is 1. The molecule has 0 bridgehead atoms. The van der Waals surface area contributed by atoms with Gasteiger partial charge in [-0.25, -0.2) is 10.4 Å². The van der Waals surface area contributed by atoms with Crippen molar-refractivity contribution in [3.05, 3.63) is 17.2 Å². The Kier molecular flexibility index (Phi) is 2.91. The van der Waals surface area contributed by atoms with E-state index >= 15 is 0 Å². The molecule has 1 unspecified atom stereocenters. The zero-order chi connectivity index (χ0) is 13.6. The van der Waals surface area contributed by atoms with Crippen molar-refractivity contribution >= 4 is 17.5 Å². The van der Waals surface area contributed by atoms with Gasteiger partial charge < -0.3 is 15.8 Å². The fourth-order valence-electron chi connectivity index (χ4n) is 2.28. The lowest BCUT2D eigenvalue weighted by atomic mass is 9.97. The van der Waals surface area contributed by atoms with Crippen LogP contribution in [-0.2, 0) is 4.79 Å². The van der Waals surface area contributed by atoms with Crippen LogP contribution in [0.5, 0.6) is 0 Å². The summed E-state index contributed by atoms with van der Waals surface area (Å²) in [7, 11) is 0. The number of aliphatic hydroxyl groups excluding tert-OH is 1. The molecule has 4 N–H and O–H groups in total. The van der Waals surface area contributed by atoms with Gasteiger partial charge in [0.2, 0.25) is 5.91 Å². The van der Waals surface area contributed by atoms with E-state index in [0.29, 0.717) is 11.6 Å². The van der Waals surface area contributed by atoms with Crippen LogP contribution in [0.2, 0.25) is 0 Å². The fraction of sp³-hybridized carbons (Fsp3) is 0.538. The van der Waals surface area contributed by atoms with Crippen molar-refractivity contribution in [3.63, 3.8) is 0 Å². The number of nitrogens with one attached hydrogen (secondary N) is 3. The molecule has 0 radical (unpaired) electrons. The normalized spacial score (nSPS) is 21.2. The maximum absolute atomic E-state index is 11.8. The van der Waals surface area contributed by atoms with E-state index in [-0.39, 0.29) is 17.7 Å². The van der Waals surface area contributed by atoms with Crippen LogP contribution in [0.4, 0.5) is 11.6 Å². The molecule has 0 saturated heterocycles. The maximum Gasteiger partial charge on any atom is 0.228 e. The molecule has 1 aromatic heterocycles. The Balaban J connectivity index is 1.93. The van der Waals surface area contributed by atoms with Gasteiger partial charge >= 0.3 is 0 Å². The highest BCUT2D eigenvalue weighted by Crippen LogP contribution is 2.35. The van der Waals surface area contributed by atoms with Crippen LogP contribution in [-0.4, -0.2) is 16.0 Å². The van der Waals surface area contributed by atoms with Gasteiger partial charge in [-0.15, -0.1) is 0 Å². The molecule has 1 amide bonds. The SMILES string of the molecule is CC(C)c1cc(NC(=O)C2CC2)nc2c1C(O)NN2. The summed E-state index contributed by atoms with van der Waals surface area (Å²) in [6.45, 7) is 4.10. The predicted octanol–water partition coefficient (Wildman–Crippen LogP) is 1.47. The number of nitrogens with zero attached hydrogens (tertiary/aromatic N) is 1. The quantitative estimate of drug-likeness (QED) is 0.663. The summed E-state index contributed by atoms with van der Waals surface area (Å²) >= 11 is 0. The van der Waals surface area contributed by atoms with Gasteiger partial charge in [0.15, 0.2) is 6.23 Å². The first-order chi connectivity index (χ1) is 9.06. The topological polar surface area (TPSA) is 86.3 Å². The van der Waals surface area contributed by atoms with E-state index in [9.17, 15) is 9.90 Å². The highest BCUT2D eigenvalue weighted by Gasteiger charge is 2.31. The molecule has 1 aliphatic carbocycles. The van der Waals surface area contributed by atoms with Gasteiger partial charge in [-0.1, -0.05) is 13.8 Å². The number of amides is 1. The third kappa shape index (κ3) is 2.29. The number of anilines is 2. The lowest BCUT2D eigenvalue weighted by Gasteiger charge is -2.14. The highest BCUT2D eigenvalue weighted by molar-refractivity contribution is 5.93. The summed E-state index contributed by atoms with van der Waals surface area (Å²) in [6, 6.07) is 1.85. The number of rotatable bonds is 3. The van der Waals surface area contributed by atoms with Gasteiger partial charge in [0.25, 0.3) is 0 Å². The van der Waals surface area contributed by atoms with Gasteiger partial charge in [-0.05, 0) is 30.4 Å². The molecule has 1 aromatic rings. The molecule has 3 rings (SSSR count). The largest absolute Gasteiger partial charge is 0.372 e. The Morgan fingerprint density at radius 3 is 2.89 bits per heavy atom. The van der Waals surface area contributed by atoms with E-state index < -0.39 is 6.23 Å². The Hall–Kier alpha value is -1.66. The fourth-order valence-corrected chi connectivity index (χ4v) is 2.28. The van der Waals surface area contributed by atoms with Crippen molar-refractivity contribution in [2.24, 2.45) is 5.92 Å². The summed E-state index contributed by atoms with van der Waals surface area (Å²) < 4.78 is 0. The molecule has 1 aliphatic heterocycles. The van der Waals surface area contributed by atoms with Crippen molar-refractivity contribution in [2.45, 2.75) is 38.8 Å². The standard InChI is InChI=1S/C13H18N4O2/c1-6(2)8-5-9(15-12(18)7-3-4-7)14-11-10(8)13(19)17-16-11/h5-7,13,17,19H,3-4H2,1-2H3,(H2,14,15,16,18). The third-order valence-electron chi connectivity index (χ3n) is 3.51. The number of fused-ring (bicyclic) bond motifs is 1. The molecule has 2 heterocycles. The number of hydrogen-bond donors (Lipinski definition) is 4. The average molecular weight is 262 g/mol. The zero-order valence-corrected chi connectivity index (χ0v) is 11.0. The lowest BCUT2D eigenvalue weighted by molar-refractivity contribution is -0.117. The first-order valence-corrected chi connectivity index (χ1v) is 6.61. The molecular weight excluding hydrogens is 244 g/mol. The minimum atomic E-state index is -0.756. The molecule has 0 aromatic carbocycles. The van der Waals surface area contributed by atoms with Crippen LogP contribution in [0.3, 0.4) is 0 Å². The molecule has 1 fully saturated rings. The zero-order valence-electron chi connectivity index (χ0n) is 11.0. The van der Waals surface area contributed by atoms with Crippen LogP contribution in [0.15, 0.2) is 6.07 Å². The van der Waals surface area contributed by atoms with Crippen LogP contribution >= 0.6 is 0 Å². The molecule has 1 atom stereocenters. The van der Waals surface area contributed by atoms with Gasteiger partial charge in [-0.2, -0.15) is 0 Å². The van der Waals surface area contributed by atoms with Crippen molar-refractivity contribution in [2.75, 3.05) is 10.7 Å². The molecule has 102 valence electrons. The number of aromatic nitrogens is 1. The lowest BCUT2D eigenvalue weighted by Crippen LogP contribution is -2.18. The number of aliphatic hydroxyl groups is 1. The van der Waals surface area contributed by atoms with E-state index in [1.54, 1.807) is 0 Å². The van der Waals surface area contributed by atoms with E-state index in [1.807, 2.05) is 19.9 Å². The number of carbonyl (C=O) groups is 1. The van der Waals surface area contributed by atoms with Gasteiger partial charge in [0.05, 0.1) is 0 Å². The summed E-state index contributed by atoms with van der Waals surface area (Å²) in [5.74, 6) is 1.56. The minimum Gasteiger partial charge on any atom is -0.372 e. The second-order valence-corrected chi connectivity index (χ2v) is 5.45. The van der Waals surface area contributed by atoms with E-state index in [1.165, 1.54) is 0 Å². The van der Waals surface area contributed by atoms with Crippen molar-refractivity contribution in [1.29, 1.82) is 0 Å².